The highest BCUT2D eigenvalue weighted by atomic mass is 16.5. The summed E-state index contributed by atoms with van der Waals surface area (Å²) in [5.74, 6) is 1.88. The van der Waals surface area contributed by atoms with Crippen molar-refractivity contribution in [2.45, 2.75) is 52.6 Å². The van der Waals surface area contributed by atoms with Crippen molar-refractivity contribution in [2.24, 2.45) is 0 Å². The minimum Gasteiger partial charge on any atom is -0.494 e. The Hall–Kier alpha value is -3.15. The molecule has 1 atom stereocenters. The SMILES string of the molecule is CCOc1ccc(-c2noc(CCC(=O)N(Cc3ccccc3)C(C)CC)n2)cc1. The topological polar surface area (TPSA) is 68.5 Å². The lowest BCUT2D eigenvalue weighted by Crippen LogP contribution is -2.37. The van der Waals surface area contributed by atoms with Gasteiger partial charge >= 0.3 is 0 Å². The molecule has 0 bridgehead atoms. The zero-order valence-electron chi connectivity index (χ0n) is 17.9. The summed E-state index contributed by atoms with van der Waals surface area (Å²) < 4.78 is 10.8. The highest BCUT2D eigenvalue weighted by Gasteiger charge is 2.20. The number of carbonyl (C=O) groups excluding carboxylic acids is 1. The molecule has 0 aliphatic rings. The van der Waals surface area contributed by atoms with Gasteiger partial charge in [0, 0.05) is 31.0 Å². The van der Waals surface area contributed by atoms with Gasteiger partial charge in [0.05, 0.1) is 6.61 Å². The molecule has 0 aliphatic carbocycles. The zero-order valence-corrected chi connectivity index (χ0v) is 17.9. The molecule has 158 valence electrons. The lowest BCUT2D eigenvalue weighted by atomic mass is 10.1. The minimum absolute atomic E-state index is 0.0917. The van der Waals surface area contributed by atoms with Crippen LogP contribution in [-0.4, -0.2) is 33.6 Å². The van der Waals surface area contributed by atoms with Gasteiger partial charge in [-0.2, -0.15) is 4.98 Å². The van der Waals surface area contributed by atoms with Crippen LogP contribution in [0.1, 0.15) is 45.1 Å². The number of aryl methyl sites for hydroxylation is 1. The van der Waals surface area contributed by atoms with E-state index in [-0.39, 0.29) is 11.9 Å². The van der Waals surface area contributed by atoms with Gasteiger partial charge in [0.2, 0.25) is 17.6 Å². The van der Waals surface area contributed by atoms with Crippen molar-refractivity contribution in [3.8, 4) is 17.1 Å². The second kappa shape index (κ2) is 10.6. The maximum absolute atomic E-state index is 12.9. The Labute approximate surface area is 177 Å². The summed E-state index contributed by atoms with van der Waals surface area (Å²) in [5, 5.41) is 4.05. The number of hydrogen-bond acceptors (Lipinski definition) is 5. The molecule has 6 nitrogen and oxygen atoms in total. The summed E-state index contributed by atoms with van der Waals surface area (Å²) in [4.78, 5) is 19.3. The van der Waals surface area contributed by atoms with Gasteiger partial charge in [0.15, 0.2) is 0 Å². The minimum atomic E-state index is 0.0917. The molecule has 3 rings (SSSR count). The molecular formula is C24H29N3O3. The molecule has 3 aromatic rings. The summed E-state index contributed by atoms with van der Waals surface area (Å²) in [7, 11) is 0. The van der Waals surface area contributed by atoms with Crippen LogP contribution in [0.5, 0.6) is 5.75 Å². The fraction of sp³-hybridized carbons (Fsp3) is 0.375. The lowest BCUT2D eigenvalue weighted by Gasteiger charge is -2.28. The molecule has 0 saturated carbocycles. The van der Waals surface area contributed by atoms with Crippen LogP contribution < -0.4 is 4.74 Å². The lowest BCUT2D eigenvalue weighted by molar-refractivity contribution is -0.134. The molecule has 0 spiro atoms. The first-order valence-corrected chi connectivity index (χ1v) is 10.5. The van der Waals surface area contributed by atoms with E-state index in [0.29, 0.717) is 37.7 Å². The van der Waals surface area contributed by atoms with Crippen molar-refractivity contribution in [3.63, 3.8) is 0 Å². The van der Waals surface area contributed by atoms with E-state index in [9.17, 15) is 4.79 Å². The Bertz CT molecular complexity index is 922. The van der Waals surface area contributed by atoms with Crippen molar-refractivity contribution >= 4 is 5.91 Å². The normalized spacial score (nSPS) is 11.8. The number of carbonyl (C=O) groups is 1. The maximum atomic E-state index is 12.9. The van der Waals surface area contributed by atoms with E-state index in [1.165, 1.54) is 0 Å². The van der Waals surface area contributed by atoms with Crippen LogP contribution in [0.25, 0.3) is 11.4 Å². The summed E-state index contributed by atoms with van der Waals surface area (Å²) in [6, 6.07) is 17.8. The van der Waals surface area contributed by atoms with Crippen LogP contribution in [0.3, 0.4) is 0 Å². The standard InChI is InChI=1S/C24H29N3O3/c1-4-18(3)27(17-19-9-7-6-8-10-19)23(28)16-15-22-25-24(26-30-22)20-11-13-21(14-12-20)29-5-2/h6-14,18H,4-5,15-17H2,1-3H3. The van der Waals surface area contributed by atoms with Gasteiger partial charge in [0.25, 0.3) is 0 Å². The van der Waals surface area contributed by atoms with Crippen molar-refractivity contribution in [3.05, 3.63) is 66.1 Å². The van der Waals surface area contributed by atoms with Crippen molar-refractivity contribution in [1.29, 1.82) is 0 Å². The van der Waals surface area contributed by atoms with Crippen molar-refractivity contribution in [2.75, 3.05) is 6.61 Å². The molecule has 30 heavy (non-hydrogen) atoms. The molecule has 0 radical (unpaired) electrons. The predicted octanol–water partition coefficient (Wildman–Crippen LogP) is 4.90. The molecule has 2 aromatic carbocycles. The van der Waals surface area contributed by atoms with E-state index < -0.39 is 0 Å². The Balaban J connectivity index is 1.61. The highest BCUT2D eigenvalue weighted by molar-refractivity contribution is 5.76. The van der Waals surface area contributed by atoms with Gasteiger partial charge in [0.1, 0.15) is 5.75 Å². The Morgan fingerprint density at radius 2 is 1.83 bits per heavy atom. The summed E-state index contributed by atoms with van der Waals surface area (Å²) in [6.07, 6.45) is 1.66. The van der Waals surface area contributed by atoms with Gasteiger partial charge in [-0.25, -0.2) is 0 Å². The smallest absolute Gasteiger partial charge is 0.227 e. The van der Waals surface area contributed by atoms with E-state index in [1.807, 2.05) is 66.4 Å². The van der Waals surface area contributed by atoms with Gasteiger partial charge in [-0.15, -0.1) is 0 Å². The molecule has 1 unspecified atom stereocenters. The molecule has 1 heterocycles. The monoisotopic (exact) mass is 407 g/mol. The van der Waals surface area contributed by atoms with E-state index >= 15 is 0 Å². The fourth-order valence-corrected chi connectivity index (χ4v) is 3.19. The molecule has 1 aromatic heterocycles. The molecule has 0 aliphatic heterocycles. The highest BCUT2D eigenvalue weighted by Crippen LogP contribution is 2.21. The van der Waals surface area contributed by atoms with Crippen molar-refractivity contribution < 1.29 is 14.1 Å². The van der Waals surface area contributed by atoms with Crippen LogP contribution in [0.4, 0.5) is 0 Å². The fourth-order valence-electron chi connectivity index (χ4n) is 3.19. The van der Waals surface area contributed by atoms with Gasteiger partial charge in [-0.1, -0.05) is 42.4 Å². The number of benzene rings is 2. The number of nitrogens with zero attached hydrogens (tertiary/aromatic N) is 3. The van der Waals surface area contributed by atoms with Crippen molar-refractivity contribution in [1.82, 2.24) is 15.0 Å². The Morgan fingerprint density at radius 3 is 2.50 bits per heavy atom. The average molecular weight is 408 g/mol. The third-order valence-electron chi connectivity index (χ3n) is 5.08. The molecule has 0 N–H and O–H groups in total. The van der Waals surface area contributed by atoms with Crippen LogP contribution >= 0.6 is 0 Å². The molecule has 0 fully saturated rings. The van der Waals surface area contributed by atoms with Gasteiger partial charge < -0.3 is 14.2 Å². The Kier molecular flexibility index (Phi) is 7.60. The summed E-state index contributed by atoms with van der Waals surface area (Å²) in [5.41, 5.74) is 1.98. The van der Waals surface area contributed by atoms with Crippen LogP contribution in [0, 0.1) is 0 Å². The van der Waals surface area contributed by atoms with E-state index in [2.05, 4.69) is 24.0 Å². The number of hydrogen-bond donors (Lipinski definition) is 0. The molecule has 0 saturated heterocycles. The van der Waals surface area contributed by atoms with Crippen LogP contribution in [0.2, 0.25) is 0 Å². The largest absolute Gasteiger partial charge is 0.494 e. The molecule has 6 heteroatoms. The number of ether oxygens (including phenoxy) is 1. The average Bonchev–Trinajstić information content (AvgIpc) is 3.26. The number of rotatable bonds is 10. The van der Waals surface area contributed by atoms with Crippen LogP contribution in [-0.2, 0) is 17.8 Å². The first-order chi connectivity index (χ1) is 14.6. The first-order valence-electron chi connectivity index (χ1n) is 10.5. The Morgan fingerprint density at radius 1 is 1.10 bits per heavy atom. The summed E-state index contributed by atoms with van der Waals surface area (Å²) in [6.45, 7) is 7.35. The zero-order chi connectivity index (χ0) is 21.3. The third kappa shape index (κ3) is 5.69. The first kappa shape index (κ1) is 21.6. The second-order valence-corrected chi connectivity index (χ2v) is 7.23. The molecule has 1 amide bonds. The van der Waals surface area contributed by atoms with Gasteiger partial charge in [-0.05, 0) is 50.1 Å². The van der Waals surface area contributed by atoms with Gasteiger partial charge in [-0.3, -0.25) is 4.79 Å². The van der Waals surface area contributed by atoms with Crippen LogP contribution in [0.15, 0.2) is 59.1 Å². The second-order valence-electron chi connectivity index (χ2n) is 7.23. The van der Waals surface area contributed by atoms with E-state index in [0.717, 1.165) is 23.3 Å². The number of aromatic nitrogens is 2. The predicted molar refractivity (Wildman–Crippen MR) is 116 cm³/mol. The summed E-state index contributed by atoms with van der Waals surface area (Å²) >= 11 is 0. The van der Waals surface area contributed by atoms with E-state index in [4.69, 9.17) is 9.26 Å². The molecular weight excluding hydrogens is 378 g/mol. The van der Waals surface area contributed by atoms with E-state index in [1.54, 1.807) is 0 Å². The quantitative estimate of drug-likeness (QED) is 0.478. The third-order valence-corrected chi connectivity index (χ3v) is 5.08. The maximum Gasteiger partial charge on any atom is 0.227 e. The number of amides is 1.